The van der Waals surface area contributed by atoms with Crippen LogP contribution in [0.4, 0.5) is 0 Å². The van der Waals surface area contributed by atoms with Gasteiger partial charge in [-0.05, 0) is 26.0 Å². The average molecular weight is 330 g/mol. The van der Waals surface area contributed by atoms with E-state index in [1.165, 1.54) is 0 Å². The van der Waals surface area contributed by atoms with Gasteiger partial charge < -0.3 is 14.6 Å². The van der Waals surface area contributed by atoms with Gasteiger partial charge in [-0.1, -0.05) is 28.4 Å². The maximum absolute atomic E-state index is 11.8. The van der Waals surface area contributed by atoms with Crippen molar-refractivity contribution in [3.05, 3.63) is 40.0 Å². The van der Waals surface area contributed by atoms with Crippen LogP contribution < -0.4 is 10.1 Å². The first-order valence-corrected chi connectivity index (χ1v) is 6.88. The number of halogens is 2. The summed E-state index contributed by atoms with van der Waals surface area (Å²) in [4.78, 5) is 15.8. The predicted molar refractivity (Wildman–Crippen MR) is 77.5 cm³/mol. The molecule has 1 atom stereocenters. The molecule has 1 aromatic heterocycles. The Morgan fingerprint density at radius 1 is 1.48 bits per heavy atom. The van der Waals surface area contributed by atoms with Gasteiger partial charge in [0.05, 0.1) is 5.02 Å². The normalized spacial score (nSPS) is 12.0. The summed E-state index contributed by atoms with van der Waals surface area (Å²) < 4.78 is 10.3. The van der Waals surface area contributed by atoms with E-state index >= 15 is 0 Å². The van der Waals surface area contributed by atoms with Crippen molar-refractivity contribution >= 4 is 29.1 Å². The van der Waals surface area contributed by atoms with Crippen LogP contribution in [0.25, 0.3) is 0 Å². The quantitative estimate of drug-likeness (QED) is 0.912. The molecule has 0 spiro atoms. The lowest BCUT2D eigenvalue weighted by Crippen LogP contribution is -2.31. The van der Waals surface area contributed by atoms with Gasteiger partial charge in [-0.15, -0.1) is 0 Å². The van der Waals surface area contributed by atoms with Crippen molar-refractivity contribution in [2.75, 3.05) is 6.61 Å². The summed E-state index contributed by atoms with van der Waals surface area (Å²) in [5.41, 5.74) is 0. The minimum absolute atomic E-state index is 0.197. The van der Waals surface area contributed by atoms with E-state index in [2.05, 4.69) is 15.5 Å². The molecule has 0 saturated heterocycles. The summed E-state index contributed by atoms with van der Waals surface area (Å²) >= 11 is 11.8. The Kier molecular flexibility index (Phi) is 5.03. The molecule has 0 aliphatic heterocycles. The number of ether oxygens (including phenoxy) is 1. The molecule has 0 fully saturated rings. The maximum atomic E-state index is 11.8. The standard InChI is InChI=1S/C13H13Cl2N3O3/c1-7(13-17-8(2)18-21-13)16-12(19)6-20-11-5-9(14)3-4-10(11)15/h3-5,7H,6H2,1-2H3,(H,16,19)/t7-/m0/s1. The summed E-state index contributed by atoms with van der Waals surface area (Å²) in [6.07, 6.45) is 0. The van der Waals surface area contributed by atoms with E-state index in [0.717, 1.165) is 0 Å². The maximum Gasteiger partial charge on any atom is 0.258 e. The summed E-state index contributed by atoms with van der Waals surface area (Å²) in [6.45, 7) is 3.24. The number of aryl methyl sites for hydroxylation is 1. The molecule has 8 heteroatoms. The van der Waals surface area contributed by atoms with Gasteiger partial charge in [0, 0.05) is 11.1 Å². The van der Waals surface area contributed by atoms with Crippen molar-refractivity contribution in [3.63, 3.8) is 0 Å². The number of nitrogens with zero attached hydrogens (tertiary/aromatic N) is 2. The molecule has 1 N–H and O–H groups in total. The first-order chi connectivity index (χ1) is 9.95. The third-order valence-corrected chi connectivity index (χ3v) is 3.09. The largest absolute Gasteiger partial charge is 0.482 e. The topological polar surface area (TPSA) is 77.2 Å². The summed E-state index contributed by atoms with van der Waals surface area (Å²) in [5, 5.41) is 7.20. The molecule has 0 saturated carbocycles. The number of carbonyl (C=O) groups is 1. The molecule has 0 unspecified atom stereocenters. The number of benzene rings is 1. The Morgan fingerprint density at radius 3 is 2.90 bits per heavy atom. The highest BCUT2D eigenvalue weighted by Crippen LogP contribution is 2.27. The zero-order chi connectivity index (χ0) is 15.4. The molecule has 2 aromatic rings. The Bertz CT molecular complexity index is 645. The van der Waals surface area contributed by atoms with E-state index in [1.54, 1.807) is 32.0 Å². The molecule has 112 valence electrons. The Hall–Kier alpha value is -1.79. The number of hydrogen-bond acceptors (Lipinski definition) is 5. The molecule has 1 amide bonds. The van der Waals surface area contributed by atoms with Gasteiger partial charge in [-0.2, -0.15) is 4.98 Å². The van der Waals surface area contributed by atoms with Gasteiger partial charge in [-0.3, -0.25) is 4.79 Å². The average Bonchev–Trinajstić information content (AvgIpc) is 2.86. The lowest BCUT2D eigenvalue weighted by atomic mass is 10.3. The summed E-state index contributed by atoms with van der Waals surface area (Å²) in [7, 11) is 0. The Balaban J connectivity index is 1.89. The molecular weight excluding hydrogens is 317 g/mol. The minimum atomic E-state index is -0.405. The van der Waals surface area contributed by atoms with E-state index in [4.69, 9.17) is 32.5 Å². The smallest absolute Gasteiger partial charge is 0.258 e. The van der Waals surface area contributed by atoms with Crippen LogP contribution in [0, 0.1) is 6.92 Å². The fourth-order valence-corrected chi connectivity index (χ4v) is 1.90. The first-order valence-electron chi connectivity index (χ1n) is 6.13. The Labute approximate surface area is 131 Å². The van der Waals surface area contributed by atoms with Crippen LogP contribution in [0.1, 0.15) is 24.7 Å². The van der Waals surface area contributed by atoms with Crippen LogP contribution >= 0.6 is 23.2 Å². The van der Waals surface area contributed by atoms with Crippen LogP contribution in [0.5, 0.6) is 5.75 Å². The second-order valence-electron chi connectivity index (χ2n) is 4.33. The van der Waals surface area contributed by atoms with Gasteiger partial charge in [-0.25, -0.2) is 0 Å². The zero-order valence-electron chi connectivity index (χ0n) is 11.4. The molecule has 0 aliphatic carbocycles. The van der Waals surface area contributed by atoms with Crippen LogP contribution in [0.2, 0.25) is 10.0 Å². The van der Waals surface area contributed by atoms with Crippen LogP contribution in [-0.2, 0) is 4.79 Å². The molecule has 0 aliphatic rings. The predicted octanol–water partition coefficient (Wildman–Crippen LogP) is 2.94. The van der Waals surface area contributed by atoms with Crippen molar-refractivity contribution in [1.82, 2.24) is 15.5 Å². The fourth-order valence-electron chi connectivity index (χ4n) is 1.56. The van der Waals surface area contributed by atoms with Gasteiger partial charge in [0.1, 0.15) is 11.8 Å². The molecule has 0 radical (unpaired) electrons. The molecule has 1 aromatic carbocycles. The SMILES string of the molecule is Cc1noc([C@H](C)NC(=O)COc2cc(Cl)ccc2Cl)n1. The molecule has 21 heavy (non-hydrogen) atoms. The lowest BCUT2D eigenvalue weighted by Gasteiger charge is -2.11. The summed E-state index contributed by atoms with van der Waals surface area (Å²) in [5.74, 6) is 0.852. The van der Waals surface area contributed by atoms with Gasteiger partial charge in [0.2, 0.25) is 5.89 Å². The highest BCUT2D eigenvalue weighted by molar-refractivity contribution is 6.34. The van der Waals surface area contributed by atoms with Crippen molar-refractivity contribution < 1.29 is 14.1 Å². The van der Waals surface area contributed by atoms with Gasteiger partial charge in [0.15, 0.2) is 12.4 Å². The minimum Gasteiger partial charge on any atom is -0.482 e. The number of rotatable bonds is 5. The zero-order valence-corrected chi connectivity index (χ0v) is 12.9. The fraction of sp³-hybridized carbons (Fsp3) is 0.308. The second kappa shape index (κ2) is 6.78. The number of amides is 1. The van der Waals surface area contributed by atoms with E-state index in [9.17, 15) is 4.79 Å². The third kappa shape index (κ3) is 4.34. The van der Waals surface area contributed by atoms with Crippen molar-refractivity contribution in [2.24, 2.45) is 0 Å². The van der Waals surface area contributed by atoms with Crippen LogP contribution in [0.3, 0.4) is 0 Å². The molecule has 6 nitrogen and oxygen atoms in total. The second-order valence-corrected chi connectivity index (χ2v) is 5.18. The summed E-state index contributed by atoms with van der Waals surface area (Å²) in [6, 6.07) is 4.37. The van der Waals surface area contributed by atoms with Crippen LogP contribution in [0.15, 0.2) is 22.7 Å². The highest BCUT2D eigenvalue weighted by Gasteiger charge is 2.16. The number of nitrogens with one attached hydrogen (secondary N) is 1. The first kappa shape index (κ1) is 15.6. The molecule has 0 bridgehead atoms. The lowest BCUT2D eigenvalue weighted by molar-refractivity contribution is -0.123. The molecule has 2 rings (SSSR count). The Morgan fingerprint density at radius 2 is 2.24 bits per heavy atom. The highest BCUT2D eigenvalue weighted by atomic mass is 35.5. The van der Waals surface area contributed by atoms with E-state index < -0.39 is 6.04 Å². The monoisotopic (exact) mass is 329 g/mol. The number of carbonyl (C=O) groups excluding carboxylic acids is 1. The van der Waals surface area contributed by atoms with E-state index in [0.29, 0.717) is 27.5 Å². The van der Waals surface area contributed by atoms with Gasteiger partial charge >= 0.3 is 0 Å². The van der Waals surface area contributed by atoms with Crippen molar-refractivity contribution in [1.29, 1.82) is 0 Å². The number of aromatic nitrogens is 2. The van der Waals surface area contributed by atoms with Crippen LogP contribution in [-0.4, -0.2) is 22.7 Å². The number of hydrogen-bond donors (Lipinski definition) is 1. The van der Waals surface area contributed by atoms with Gasteiger partial charge in [0.25, 0.3) is 5.91 Å². The molecule has 1 heterocycles. The molecular formula is C13H13Cl2N3O3. The van der Waals surface area contributed by atoms with E-state index in [-0.39, 0.29) is 12.5 Å². The third-order valence-electron chi connectivity index (χ3n) is 2.54. The van der Waals surface area contributed by atoms with E-state index in [1.807, 2.05) is 0 Å². The van der Waals surface area contributed by atoms with Crippen molar-refractivity contribution in [2.45, 2.75) is 19.9 Å². The van der Waals surface area contributed by atoms with Crippen molar-refractivity contribution in [3.8, 4) is 5.75 Å².